The lowest BCUT2D eigenvalue weighted by Gasteiger charge is -2.58. The van der Waals surface area contributed by atoms with Crippen LogP contribution < -0.4 is 32.4 Å². The standard InChI is InChI=1S/C68H80N6O24/c1-13-67(97-37-21-33(89-11)57(81)25(5)93-37)51(63(87)45-43-47(61(85)41-29(77)17-15-27(75)39(41)59(43)83)53(71-69)49(45)65(67)95-35-19-31(79)55(73(7)8)23(3)91-35)52-64(88)46-44-48(62(86)42-30(78)18-16-28(76)40(42)60(44)84)54(72-70)50(46)66(96-36-20-32(80)56(74(9)10)24(4)92-36)68(52,14-2)98-38-22-34(90-12)58(82)26(6)94-38/h15-18,23-26,31-38,51-52,55-58,65-66,79-86H,13-14,19-22H2,1-12H3/t23-,24-,25+,26+,31-,32-,33+,34+,35+,36+,37+,38+,51+,52?,55-,56-,57+,58+,65-,66-,67+,68+/m1/s1. The molecule has 4 fully saturated rings. The van der Waals surface area contributed by atoms with Gasteiger partial charge in [-0.2, -0.15) is 9.58 Å². The van der Waals surface area contributed by atoms with Crippen molar-refractivity contribution in [2.24, 2.45) is 11.8 Å². The first-order valence-electron chi connectivity index (χ1n) is 32.6. The molecule has 0 radical (unpaired) electrons. The second-order valence-electron chi connectivity index (χ2n) is 27.2. The first-order valence-corrected chi connectivity index (χ1v) is 32.6. The number of aromatic hydroxyl groups is 4. The van der Waals surface area contributed by atoms with E-state index >= 15 is 9.59 Å². The van der Waals surface area contributed by atoms with E-state index in [9.17, 15) is 71.1 Å². The molecule has 0 amide bonds. The minimum absolute atomic E-state index is 0.351. The number of phenolic OH excluding ortho intramolecular Hbond substituents is 4. The van der Waals surface area contributed by atoms with Crippen LogP contribution in [0, 0.1) is 11.8 Å². The normalized spacial score (nSPS) is 35.4. The number of fused-ring (bicyclic) bond motifs is 8. The number of ketones is 2. The third-order valence-corrected chi connectivity index (χ3v) is 21.6. The van der Waals surface area contributed by atoms with E-state index in [1.54, 1.807) is 51.8 Å². The summed E-state index contributed by atoms with van der Waals surface area (Å²) in [6.45, 7) is 9.33. The first-order chi connectivity index (χ1) is 46.4. The van der Waals surface area contributed by atoms with Gasteiger partial charge >= 0.3 is 10.7 Å². The maximum absolute atomic E-state index is 17.9. The van der Waals surface area contributed by atoms with E-state index in [1.807, 2.05) is 0 Å². The molecule has 6 aromatic rings. The Morgan fingerprint density at radius 2 is 0.786 bits per heavy atom. The third kappa shape index (κ3) is 10.5. The molecule has 30 nitrogen and oxygen atoms in total. The second-order valence-corrected chi connectivity index (χ2v) is 27.2. The van der Waals surface area contributed by atoms with E-state index in [1.165, 1.54) is 41.9 Å². The van der Waals surface area contributed by atoms with Crippen molar-refractivity contribution in [1.82, 2.24) is 9.80 Å². The Bertz CT molecular complexity index is 4300. The van der Waals surface area contributed by atoms with Crippen LogP contribution >= 0.6 is 0 Å². The molecule has 22 atom stereocenters. The molecule has 8 N–H and O–H groups in total. The first kappa shape index (κ1) is 70.6. The Labute approximate surface area is 558 Å². The summed E-state index contributed by atoms with van der Waals surface area (Å²) in [4.78, 5) is 103. The van der Waals surface area contributed by atoms with E-state index in [0.29, 0.717) is 0 Å². The fourth-order valence-electron chi connectivity index (χ4n) is 17.2. The van der Waals surface area contributed by atoms with Crippen molar-refractivity contribution >= 4 is 54.7 Å². The van der Waals surface area contributed by atoms with Crippen molar-refractivity contribution in [3.05, 3.63) is 109 Å². The molecule has 98 heavy (non-hydrogen) atoms. The number of rotatable bonds is 15. The molecule has 4 heterocycles. The van der Waals surface area contributed by atoms with Crippen LogP contribution in [0.1, 0.15) is 124 Å². The minimum Gasteiger partial charge on any atom is -0.506 e. The predicted molar refractivity (Wildman–Crippen MR) is 341 cm³/mol. The number of hydrogen-bond donors (Lipinski definition) is 8. The zero-order valence-electron chi connectivity index (χ0n) is 55.9. The van der Waals surface area contributed by atoms with E-state index in [4.69, 9.17) is 47.4 Å². The summed E-state index contributed by atoms with van der Waals surface area (Å²) in [6.07, 6.45) is -24.5. The smallest absolute Gasteiger partial charge is 0.333 e. The zero-order valence-corrected chi connectivity index (χ0v) is 55.9. The van der Waals surface area contributed by atoms with Gasteiger partial charge in [-0.3, -0.25) is 28.8 Å². The highest BCUT2D eigenvalue weighted by Crippen LogP contribution is 2.63. The number of likely N-dealkylation sites (N-methyl/N-ethyl adjacent to an activating group) is 2. The number of carbonyl (C=O) groups is 2. The van der Waals surface area contributed by atoms with Crippen LogP contribution in [-0.4, -0.2) is 224 Å². The number of aliphatic hydroxyl groups is 4. The van der Waals surface area contributed by atoms with Crippen molar-refractivity contribution in [1.29, 1.82) is 0 Å². The molecule has 4 aliphatic heterocycles. The quantitative estimate of drug-likeness (QED) is 0.0407. The Morgan fingerprint density at radius 3 is 1.06 bits per heavy atom. The van der Waals surface area contributed by atoms with Crippen molar-refractivity contribution in [3.63, 3.8) is 0 Å². The van der Waals surface area contributed by atoms with Crippen LogP contribution in [0.4, 0.5) is 0 Å². The van der Waals surface area contributed by atoms with Crippen LogP contribution in [-0.2, 0) is 47.4 Å². The molecule has 1 unspecified atom stereocenters. The molecular weight excluding hydrogens is 1280 g/mol. The Morgan fingerprint density at radius 1 is 0.480 bits per heavy atom. The number of aliphatic hydroxyl groups excluding tert-OH is 4. The largest absolute Gasteiger partial charge is 0.506 e. The van der Waals surface area contributed by atoms with Crippen molar-refractivity contribution in [3.8, 4) is 23.0 Å². The maximum atomic E-state index is 17.9. The lowest BCUT2D eigenvalue weighted by molar-refractivity contribution is -0.352. The number of nitrogens with zero attached hydrogens (tertiary/aromatic N) is 6. The minimum atomic E-state index is -2.67. The molecule has 2 aliphatic carbocycles. The Hall–Kier alpha value is -7.26. The Balaban J connectivity index is 1.27. The highest BCUT2D eigenvalue weighted by molar-refractivity contribution is 6.25. The number of hydrogen-bond acceptors (Lipinski definition) is 26. The summed E-state index contributed by atoms with van der Waals surface area (Å²) in [5.41, 5.74) is 11.4. The SMILES string of the molecule is CC[C@@]1(O[C@H]2C[C@H](OC)[C@@H](O)[C@H](C)O2)[C@H](O[C@H]2C[C@@H](O)[C@H](N(C)C)[C@@H](C)O2)c2c(c3c(O)c4c(=O)ccc(=O)c4c(O)c3c2=[N+]=[N-])C(=O)[C@@H]1C1C(=O)c2c(c(=[N+]=[N-])c3c(O)c4c(=O)ccc(=O)c4c(O)c23)[C@@H](O[C@H]2C[C@@H](O)[C@H](N(C)C)[C@@H](C)O2)[C@@]1(CC)O[C@H]1C[C@H](OC)[C@@H](O)[C@H](C)O1. The van der Waals surface area contributed by atoms with Gasteiger partial charge in [0.05, 0.1) is 105 Å². The zero-order chi connectivity index (χ0) is 71.1. The number of carbonyl (C=O) groups excluding carboxylic acids is 2. The van der Waals surface area contributed by atoms with Crippen LogP contribution in [0.5, 0.6) is 23.0 Å². The highest BCUT2D eigenvalue weighted by Gasteiger charge is 2.71. The summed E-state index contributed by atoms with van der Waals surface area (Å²) in [5.74, 6) is -11.6. The monoisotopic (exact) mass is 1360 g/mol. The number of methoxy groups -OCH3 is 2. The highest BCUT2D eigenvalue weighted by atomic mass is 16.7. The summed E-state index contributed by atoms with van der Waals surface area (Å²) < 4.78 is 67.5. The van der Waals surface area contributed by atoms with Gasteiger partial charge in [-0.15, -0.1) is 0 Å². The van der Waals surface area contributed by atoms with Gasteiger partial charge in [-0.1, -0.05) is 13.8 Å². The van der Waals surface area contributed by atoms with Crippen LogP contribution in [0.3, 0.4) is 0 Å². The van der Waals surface area contributed by atoms with Crippen LogP contribution in [0.25, 0.3) is 54.2 Å². The molecule has 12 rings (SSSR count). The average molecular weight is 1370 g/mol. The van der Waals surface area contributed by atoms with Crippen LogP contribution in [0.15, 0.2) is 43.4 Å². The van der Waals surface area contributed by atoms with Gasteiger partial charge in [0.1, 0.15) is 69.4 Å². The topological polar surface area (TPSA) is 436 Å². The summed E-state index contributed by atoms with van der Waals surface area (Å²) in [5, 5.41) is 90.9. The average Bonchev–Trinajstić information content (AvgIpc) is 1.66. The Kier molecular flexibility index (Phi) is 18.8. The predicted octanol–water partition coefficient (Wildman–Crippen LogP) is 1.22. The molecule has 0 bridgehead atoms. The number of benzene rings is 4. The summed E-state index contributed by atoms with van der Waals surface area (Å²) >= 11 is 0. The van der Waals surface area contributed by atoms with Gasteiger partial charge in [0.25, 0.3) is 0 Å². The van der Waals surface area contributed by atoms with Gasteiger partial charge in [0, 0.05) is 61.8 Å². The number of phenols is 4. The summed E-state index contributed by atoms with van der Waals surface area (Å²) in [7, 11) is 9.47. The van der Waals surface area contributed by atoms with Crippen molar-refractivity contribution < 1.29 is 107 Å². The van der Waals surface area contributed by atoms with E-state index in [2.05, 4.69) is 9.58 Å². The van der Waals surface area contributed by atoms with Crippen molar-refractivity contribution in [2.75, 3.05) is 42.4 Å². The van der Waals surface area contributed by atoms with E-state index < -0.39 is 279 Å². The van der Waals surface area contributed by atoms with E-state index in [0.717, 1.165) is 24.3 Å². The fraction of sp³-hybridized carbons (Fsp3) is 0.588. The molecule has 6 aliphatic rings. The third-order valence-electron chi connectivity index (χ3n) is 21.6. The molecule has 6 aromatic carbocycles. The molecule has 4 saturated heterocycles. The molecule has 30 heteroatoms. The van der Waals surface area contributed by atoms with Gasteiger partial charge < -0.3 is 109 Å². The fourth-order valence-corrected chi connectivity index (χ4v) is 17.2. The van der Waals surface area contributed by atoms with Crippen LogP contribution in [0.2, 0.25) is 0 Å². The maximum Gasteiger partial charge on any atom is 0.333 e. The second kappa shape index (κ2) is 26.0. The molecule has 0 saturated carbocycles. The molecule has 526 valence electrons. The summed E-state index contributed by atoms with van der Waals surface area (Å²) in [6, 6.07) is 1.96. The molecule has 0 aromatic heterocycles. The van der Waals surface area contributed by atoms with Gasteiger partial charge in [-0.25, -0.2) is 0 Å². The van der Waals surface area contributed by atoms with Gasteiger partial charge in [0.15, 0.2) is 58.4 Å². The van der Waals surface area contributed by atoms with Crippen molar-refractivity contribution in [2.45, 2.75) is 202 Å². The van der Waals surface area contributed by atoms with Gasteiger partial charge in [-0.05, 0) is 93.0 Å². The number of Topliss-reactive ketones (excluding diaryl/α,β-unsaturated/α-hetero) is 2. The van der Waals surface area contributed by atoms with Gasteiger partial charge in [0.2, 0.25) is 0 Å². The molecular formula is C68H80N6O24. The lowest BCUT2D eigenvalue weighted by Crippen LogP contribution is -2.68. The number of ether oxygens (including phenoxy) is 10. The molecule has 0 spiro atoms. The van der Waals surface area contributed by atoms with E-state index in [-0.39, 0.29) is 25.7 Å². The lowest BCUT2D eigenvalue weighted by atomic mass is 9.55.